The number of β-amino-alcohol motifs (C(OH)–C–C–N with tert-alkyl or cyclic N) is 1. The third-order valence-electron chi connectivity index (χ3n) is 7.60. The van der Waals surface area contributed by atoms with E-state index in [4.69, 9.17) is 21.7 Å². The van der Waals surface area contributed by atoms with Crippen molar-refractivity contribution in [2.75, 3.05) is 53.5 Å². The Hall–Kier alpha value is -3.09. The number of carbonyl (C=O) groups excluding carboxylic acids is 1. The molecule has 5 heterocycles. The third-order valence-corrected chi connectivity index (χ3v) is 8.43. The Morgan fingerprint density at radius 2 is 1.87 bits per heavy atom. The van der Waals surface area contributed by atoms with Gasteiger partial charge in [-0.2, -0.15) is 9.61 Å². The quantitative estimate of drug-likeness (QED) is 0.461. The van der Waals surface area contributed by atoms with Gasteiger partial charge in [-0.25, -0.2) is 13.4 Å². The van der Waals surface area contributed by atoms with Crippen molar-refractivity contribution in [1.82, 2.24) is 19.5 Å². The number of aromatic nitrogens is 3. The molecule has 0 spiro atoms. The van der Waals surface area contributed by atoms with Crippen LogP contribution in [0.25, 0.3) is 5.65 Å². The number of sulfonamides is 1. The first-order valence-corrected chi connectivity index (χ1v) is 15.5. The van der Waals surface area contributed by atoms with Gasteiger partial charge in [0.25, 0.3) is 5.91 Å². The molecule has 0 unspecified atom stereocenters. The first-order chi connectivity index (χ1) is 18.6. The fourth-order valence-corrected chi connectivity index (χ4v) is 6.41. The highest BCUT2D eigenvalue weighted by atomic mass is 35.5. The maximum Gasteiger partial charge on any atom is 0.256 e. The summed E-state index contributed by atoms with van der Waals surface area (Å²) in [5.74, 6) is 2.07. The van der Waals surface area contributed by atoms with Crippen LogP contribution in [0, 0.1) is 5.92 Å². The van der Waals surface area contributed by atoms with Gasteiger partial charge in [0.2, 0.25) is 10.0 Å². The second-order valence-corrected chi connectivity index (χ2v) is 13.1. The molecule has 3 aromatic rings. The molecule has 11 nitrogen and oxygen atoms in total. The van der Waals surface area contributed by atoms with Crippen LogP contribution < -0.4 is 14.5 Å². The molecule has 2 aromatic heterocycles. The number of fused-ring (bicyclic) bond motifs is 1. The van der Waals surface area contributed by atoms with Crippen LogP contribution in [-0.2, 0) is 10.0 Å². The number of aliphatic hydroxyl groups excluding tert-OH is 1. The maximum absolute atomic E-state index is 13.9. The van der Waals surface area contributed by atoms with Crippen molar-refractivity contribution in [3.05, 3.63) is 46.6 Å². The molecule has 3 saturated heterocycles. The van der Waals surface area contributed by atoms with Crippen molar-refractivity contribution in [2.45, 2.75) is 38.3 Å². The summed E-state index contributed by atoms with van der Waals surface area (Å²) in [5.41, 5.74) is 1.82. The molecule has 1 atom stereocenters. The van der Waals surface area contributed by atoms with Crippen LogP contribution in [0.1, 0.15) is 48.3 Å². The fourth-order valence-electron chi connectivity index (χ4n) is 5.66. The van der Waals surface area contributed by atoms with E-state index in [2.05, 4.69) is 21.4 Å². The standard InChI is InChI=1S/C26H32ClN7O4S/c1-16-12-31(13-16)23-11-25(32-14-18(35)15-32)34-24(28-23)10-21(29-34)22-5-3-4-8-33(22)26(36)19-9-17(27)6-7-20(19)30-39(2,37)38/h6-7,9-11,16,18,22,30,35H,3-5,8,12-15H2,1-2H3/t22-/m0/s1. The summed E-state index contributed by atoms with van der Waals surface area (Å²) in [6.45, 7) is 5.68. The van der Waals surface area contributed by atoms with E-state index in [1.807, 2.05) is 12.1 Å². The Kier molecular flexibility index (Phi) is 6.59. The number of benzene rings is 1. The molecule has 1 amide bonds. The van der Waals surface area contributed by atoms with Crippen LogP contribution in [0.3, 0.4) is 0 Å². The van der Waals surface area contributed by atoms with Gasteiger partial charge in [0.15, 0.2) is 5.65 Å². The number of likely N-dealkylation sites (tertiary alicyclic amines) is 1. The van der Waals surface area contributed by atoms with Crippen molar-refractivity contribution >= 4 is 50.5 Å². The van der Waals surface area contributed by atoms with Gasteiger partial charge in [0, 0.05) is 49.9 Å². The fraction of sp³-hybridized carbons (Fsp3) is 0.500. The van der Waals surface area contributed by atoms with Crippen molar-refractivity contribution in [1.29, 1.82) is 0 Å². The number of hydrogen-bond donors (Lipinski definition) is 2. The van der Waals surface area contributed by atoms with Crippen LogP contribution in [0.4, 0.5) is 17.3 Å². The average molecular weight is 574 g/mol. The van der Waals surface area contributed by atoms with Gasteiger partial charge < -0.3 is 19.8 Å². The smallest absolute Gasteiger partial charge is 0.256 e. The maximum atomic E-state index is 13.9. The van der Waals surface area contributed by atoms with Crippen LogP contribution in [0.5, 0.6) is 0 Å². The summed E-state index contributed by atoms with van der Waals surface area (Å²) in [5, 5.41) is 15.2. The van der Waals surface area contributed by atoms with E-state index < -0.39 is 10.0 Å². The molecule has 0 saturated carbocycles. The molecule has 0 radical (unpaired) electrons. The Morgan fingerprint density at radius 1 is 1.10 bits per heavy atom. The first kappa shape index (κ1) is 26.1. The SMILES string of the molecule is CC1CN(c2cc(N3CC(O)C3)n3nc([C@@H]4CCCCN4C(=O)c4cc(Cl)ccc4NS(C)(=O)=O)cc3n2)C1. The second-order valence-electron chi connectivity index (χ2n) is 11.0. The molecule has 208 valence electrons. The van der Waals surface area contributed by atoms with E-state index in [9.17, 15) is 18.3 Å². The largest absolute Gasteiger partial charge is 0.389 e. The first-order valence-electron chi connectivity index (χ1n) is 13.2. The second kappa shape index (κ2) is 9.83. The molecule has 3 aliphatic heterocycles. The molecule has 3 fully saturated rings. The van der Waals surface area contributed by atoms with Crippen molar-refractivity contribution in [3.8, 4) is 0 Å². The number of nitrogens with zero attached hydrogens (tertiary/aromatic N) is 6. The monoisotopic (exact) mass is 573 g/mol. The predicted molar refractivity (Wildman–Crippen MR) is 150 cm³/mol. The van der Waals surface area contributed by atoms with E-state index in [1.54, 1.807) is 15.5 Å². The zero-order valence-electron chi connectivity index (χ0n) is 21.9. The number of nitrogens with one attached hydrogen (secondary N) is 1. The highest BCUT2D eigenvalue weighted by Crippen LogP contribution is 2.36. The van der Waals surface area contributed by atoms with Crippen molar-refractivity contribution < 1.29 is 18.3 Å². The number of piperidine rings is 1. The third kappa shape index (κ3) is 5.12. The molecule has 6 rings (SSSR count). The zero-order chi connectivity index (χ0) is 27.5. The normalized spacial score (nSPS) is 20.7. The number of halogens is 1. The van der Waals surface area contributed by atoms with Crippen molar-refractivity contribution in [3.63, 3.8) is 0 Å². The minimum atomic E-state index is -3.60. The van der Waals surface area contributed by atoms with E-state index in [-0.39, 0.29) is 29.3 Å². The van der Waals surface area contributed by atoms with E-state index in [1.165, 1.54) is 12.1 Å². The van der Waals surface area contributed by atoms with Crippen LogP contribution >= 0.6 is 11.6 Å². The van der Waals surface area contributed by atoms with Gasteiger partial charge in [-0.1, -0.05) is 18.5 Å². The number of carbonyl (C=O) groups is 1. The van der Waals surface area contributed by atoms with Gasteiger partial charge in [-0.3, -0.25) is 9.52 Å². The van der Waals surface area contributed by atoms with Gasteiger partial charge in [-0.15, -0.1) is 0 Å². The summed E-state index contributed by atoms with van der Waals surface area (Å²) in [7, 11) is -3.60. The minimum absolute atomic E-state index is 0.194. The Morgan fingerprint density at radius 3 is 2.56 bits per heavy atom. The number of rotatable bonds is 6. The van der Waals surface area contributed by atoms with E-state index in [0.717, 1.165) is 55.9 Å². The molecular weight excluding hydrogens is 542 g/mol. The van der Waals surface area contributed by atoms with Crippen LogP contribution in [0.15, 0.2) is 30.3 Å². The van der Waals surface area contributed by atoms with Crippen LogP contribution in [-0.4, -0.2) is 84.0 Å². The summed E-state index contributed by atoms with van der Waals surface area (Å²) in [6.07, 6.45) is 3.17. The summed E-state index contributed by atoms with van der Waals surface area (Å²) in [6, 6.07) is 8.23. The van der Waals surface area contributed by atoms with Gasteiger partial charge in [0.1, 0.15) is 11.6 Å². The molecular formula is C26H32ClN7O4S. The van der Waals surface area contributed by atoms with E-state index >= 15 is 0 Å². The molecule has 2 N–H and O–H groups in total. The molecule has 39 heavy (non-hydrogen) atoms. The summed E-state index contributed by atoms with van der Waals surface area (Å²) < 4.78 is 28.2. The highest BCUT2D eigenvalue weighted by Gasteiger charge is 2.34. The van der Waals surface area contributed by atoms with Gasteiger partial charge >= 0.3 is 0 Å². The van der Waals surface area contributed by atoms with Crippen molar-refractivity contribution in [2.24, 2.45) is 5.92 Å². The molecule has 0 aliphatic carbocycles. The number of amides is 1. The Labute approximate surface area is 232 Å². The lowest BCUT2D eigenvalue weighted by Crippen LogP contribution is -2.52. The lowest BCUT2D eigenvalue weighted by molar-refractivity contribution is 0.0606. The van der Waals surface area contributed by atoms with E-state index in [0.29, 0.717) is 36.2 Å². The Bertz CT molecular complexity index is 1530. The molecule has 0 bridgehead atoms. The lowest BCUT2D eigenvalue weighted by atomic mass is 9.98. The molecule has 3 aliphatic rings. The summed E-state index contributed by atoms with van der Waals surface area (Å²) >= 11 is 6.22. The Balaban J connectivity index is 1.37. The zero-order valence-corrected chi connectivity index (χ0v) is 23.5. The van der Waals surface area contributed by atoms with Gasteiger partial charge in [-0.05, 0) is 43.4 Å². The number of hydrogen-bond acceptors (Lipinski definition) is 8. The topological polar surface area (TPSA) is 123 Å². The predicted octanol–water partition coefficient (Wildman–Crippen LogP) is 2.76. The molecule has 1 aromatic carbocycles. The molecule has 13 heteroatoms. The number of anilines is 3. The summed E-state index contributed by atoms with van der Waals surface area (Å²) in [4.78, 5) is 24.9. The average Bonchev–Trinajstić information content (AvgIpc) is 3.28. The highest BCUT2D eigenvalue weighted by molar-refractivity contribution is 7.92. The van der Waals surface area contributed by atoms with Gasteiger partial charge in [0.05, 0.1) is 35.3 Å². The minimum Gasteiger partial charge on any atom is -0.389 e. The number of aliphatic hydroxyl groups is 1. The van der Waals surface area contributed by atoms with Crippen LogP contribution in [0.2, 0.25) is 5.02 Å². The lowest BCUT2D eigenvalue weighted by Gasteiger charge is -2.40.